The topological polar surface area (TPSA) is 77.8 Å². The van der Waals surface area contributed by atoms with E-state index in [9.17, 15) is 9.59 Å². The van der Waals surface area contributed by atoms with Gasteiger partial charge in [0.1, 0.15) is 0 Å². The van der Waals surface area contributed by atoms with Gasteiger partial charge in [-0.2, -0.15) is 0 Å². The van der Waals surface area contributed by atoms with E-state index in [1.54, 1.807) is 0 Å². The number of hydrogen-bond donors (Lipinski definition) is 2. The van der Waals surface area contributed by atoms with Gasteiger partial charge in [-0.25, -0.2) is 4.79 Å². The number of carbonyl (C=O) groups is 2. The molecule has 0 aromatic heterocycles. The molecule has 2 fully saturated rings. The first-order valence-electron chi connectivity index (χ1n) is 4.83. The highest BCUT2D eigenvalue weighted by Crippen LogP contribution is 2.38. The molecule has 2 N–H and O–H groups in total. The van der Waals surface area contributed by atoms with Crippen molar-refractivity contribution >= 4 is 12.1 Å². The zero-order valence-electron chi connectivity index (χ0n) is 7.72. The van der Waals surface area contributed by atoms with Gasteiger partial charge in [0, 0.05) is 12.1 Å². The van der Waals surface area contributed by atoms with Gasteiger partial charge in [-0.05, 0) is 25.7 Å². The van der Waals surface area contributed by atoms with Crippen LogP contribution in [0.1, 0.15) is 25.7 Å². The van der Waals surface area contributed by atoms with Crippen LogP contribution < -0.4 is 0 Å². The molecule has 5 nitrogen and oxygen atoms in total. The Bertz CT molecular complexity index is 264. The van der Waals surface area contributed by atoms with E-state index in [-0.39, 0.29) is 18.0 Å². The molecule has 78 valence electrons. The Kier molecular flexibility index (Phi) is 2.09. The summed E-state index contributed by atoms with van der Waals surface area (Å²) in [5.41, 5.74) is 0. The fourth-order valence-corrected chi connectivity index (χ4v) is 2.69. The molecule has 2 unspecified atom stereocenters. The lowest BCUT2D eigenvalue weighted by Crippen LogP contribution is -2.47. The minimum absolute atomic E-state index is 0.0626. The Morgan fingerprint density at radius 2 is 1.57 bits per heavy atom. The number of piperidine rings is 1. The van der Waals surface area contributed by atoms with E-state index < -0.39 is 12.1 Å². The number of aliphatic carboxylic acids is 1. The van der Waals surface area contributed by atoms with Crippen LogP contribution in [-0.2, 0) is 4.79 Å². The maximum atomic E-state index is 10.9. The third-order valence-electron chi connectivity index (χ3n) is 3.30. The summed E-state index contributed by atoms with van der Waals surface area (Å²) in [6, 6.07) is -0.125. The normalized spacial score (nSPS) is 35.7. The number of rotatable bonds is 1. The molecular formula is C9H13NO4. The Morgan fingerprint density at radius 3 is 1.93 bits per heavy atom. The van der Waals surface area contributed by atoms with E-state index >= 15 is 0 Å². The fourth-order valence-electron chi connectivity index (χ4n) is 2.69. The van der Waals surface area contributed by atoms with Crippen LogP contribution in [0.5, 0.6) is 0 Å². The van der Waals surface area contributed by atoms with Crippen LogP contribution in [0, 0.1) is 5.92 Å². The molecule has 2 heterocycles. The van der Waals surface area contributed by atoms with Crippen LogP contribution >= 0.6 is 0 Å². The van der Waals surface area contributed by atoms with Gasteiger partial charge < -0.3 is 15.1 Å². The number of nitrogens with zero attached hydrogens (tertiary/aromatic N) is 1. The van der Waals surface area contributed by atoms with Crippen LogP contribution in [0.2, 0.25) is 0 Å². The largest absolute Gasteiger partial charge is 0.481 e. The lowest BCUT2D eigenvalue weighted by Gasteiger charge is -2.35. The van der Waals surface area contributed by atoms with E-state index in [1.807, 2.05) is 0 Å². The third kappa shape index (κ3) is 1.32. The standard InChI is InChI=1S/C9H13NO4/c11-8(12)5-3-6-1-2-7(4-5)10(6)9(13)14/h5-7H,1-4H2,(H,11,12)(H,13,14). The van der Waals surface area contributed by atoms with Crippen molar-refractivity contribution in [2.24, 2.45) is 5.92 Å². The van der Waals surface area contributed by atoms with Gasteiger partial charge in [-0.1, -0.05) is 0 Å². The van der Waals surface area contributed by atoms with Crippen LogP contribution in [0.25, 0.3) is 0 Å². The van der Waals surface area contributed by atoms with E-state index in [4.69, 9.17) is 10.2 Å². The fraction of sp³-hybridized carbons (Fsp3) is 0.778. The highest BCUT2D eigenvalue weighted by molar-refractivity contribution is 5.72. The maximum Gasteiger partial charge on any atom is 0.407 e. The van der Waals surface area contributed by atoms with Crippen LogP contribution in [0.4, 0.5) is 4.79 Å². The lowest BCUT2D eigenvalue weighted by molar-refractivity contribution is -0.144. The Morgan fingerprint density at radius 1 is 1.07 bits per heavy atom. The Balaban J connectivity index is 2.12. The van der Waals surface area contributed by atoms with Crippen LogP contribution in [0.3, 0.4) is 0 Å². The van der Waals surface area contributed by atoms with Crippen LogP contribution in [-0.4, -0.2) is 39.3 Å². The van der Waals surface area contributed by atoms with E-state index in [0.29, 0.717) is 12.8 Å². The molecule has 2 bridgehead atoms. The van der Waals surface area contributed by atoms with Crippen molar-refractivity contribution in [3.05, 3.63) is 0 Å². The van der Waals surface area contributed by atoms with Crippen molar-refractivity contribution in [3.8, 4) is 0 Å². The third-order valence-corrected chi connectivity index (χ3v) is 3.30. The number of amides is 1. The van der Waals surface area contributed by atoms with Crippen LogP contribution in [0.15, 0.2) is 0 Å². The molecule has 0 aliphatic carbocycles. The second kappa shape index (κ2) is 3.15. The van der Waals surface area contributed by atoms with Gasteiger partial charge in [-0.15, -0.1) is 0 Å². The molecule has 5 heteroatoms. The molecule has 2 atom stereocenters. The molecule has 14 heavy (non-hydrogen) atoms. The number of carboxylic acids is 1. The van der Waals surface area contributed by atoms with E-state index in [1.165, 1.54) is 4.90 Å². The van der Waals surface area contributed by atoms with Gasteiger partial charge in [0.2, 0.25) is 0 Å². The number of hydrogen-bond acceptors (Lipinski definition) is 2. The summed E-state index contributed by atoms with van der Waals surface area (Å²) in [5.74, 6) is -1.13. The van der Waals surface area contributed by atoms with Crippen molar-refractivity contribution in [2.45, 2.75) is 37.8 Å². The Hall–Kier alpha value is -1.26. The molecule has 1 amide bonds. The molecule has 0 aromatic carbocycles. The van der Waals surface area contributed by atoms with Gasteiger partial charge in [0.15, 0.2) is 0 Å². The minimum Gasteiger partial charge on any atom is -0.481 e. The van der Waals surface area contributed by atoms with Crippen molar-refractivity contribution in [2.75, 3.05) is 0 Å². The number of fused-ring (bicyclic) bond motifs is 2. The zero-order chi connectivity index (χ0) is 10.3. The average Bonchev–Trinajstić information content (AvgIpc) is 2.37. The Labute approximate surface area is 81.3 Å². The SMILES string of the molecule is O=C(O)C1CC2CCC(C1)N2C(=O)O. The molecule has 2 rings (SSSR count). The summed E-state index contributed by atoms with van der Waals surface area (Å²) < 4.78 is 0. The van der Waals surface area contributed by atoms with Crippen molar-refractivity contribution in [3.63, 3.8) is 0 Å². The number of carboxylic acid groups (broad SMARTS) is 2. The first-order valence-corrected chi connectivity index (χ1v) is 4.83. The van der Waals surface area contributed by atoms with Crippen molar-refractivity contribution in [1.29, 1.82) is 0 Å². The average molecular weight is 199 g/mol. The molecule has 0 spiro atoms. The summed E-state index contributed by atoms with van der Waals surface area (Å²) in [4.78, 5) is 23.1. The van der Waals surface area contributed by atoms with Gasteiger partial charge in [0.05, 0.1) is 5.92 Å². The molecule has 2 aliphatic rings. The molecule has 0 saturated carbocycles. The second-order valence-corrected chi connectivity index (χ2v) is 4.08. The molecular weight excluding hydrogens is 186 g/mol. The highest BCUT2D eigenvalue weighted by Gasteiger charge is 2.45. The van der Waals surface area contributed by atoms with E-state index in [2.05, 4.69) is 0 Å². The lowest BCUT2D eigenvalue weighted by atomic mass is 9.91. The second-order valence-electron chi connectivity index (χ2n) is 4.08. The molecule has 0 aromatic rings. The van der Waals surface area contributed by atoms with E-state index in [0.717, 1.165) is 12.8 Å². The van der Waals surface area contributed by atoms with Gasteiger partial charge >= 0.3 is 12.1 Å². The summed E-state index contributed by atoms with van der Waals surface area (Å²) >= 11 is 0. The highest BCUT2D eigenvalue weighted by atomic mass is 16.4. The van der Waals surface area contributed by atoms with Gasteiger partial charge in [-0.3, -0.25) is 4.79 Å². The zero-order valence-corrected chi connectivity index (χ0v) is 7.72. The first kappa shape index (κ1) is 9.30. The summed E-state index contributed by atoms with van der Waals surface area (Å²) in [7, 11) is 0. The summed E-state index contributed by atoms with van der Waals surface area (Å²) in [6.45, 7) is 0. The monoisotopic (exact) mass is 199 g/mol. The first-order chi connectivity index (χ1) is 6.59. The predicted octanol–water partition coefficient (Wildman–Crippen LogP) is 0.992. The van der Waals surface area contributed by atoms with Gasteiger partial charge in [0.25, 0.3) is 0 Å². The van der Waals surface area contributed by atoms with Crippen molar-refractivity contribution < 1.29 is 19.8 Å². The smallest absolute Gasteiger partial charge is 0.407 e. The minimum atomic E-state index is -0.902. The molecule has 0 radical (unpaired) electrons. The molecule has 2 saturated heterocycles. The molecule has 2 aliphatic heterocycles. The summed E-state index contributed by atoms with van der Waals surface area (Å²) in [6.07, 6.45) is 1.71. The summed E-state index contributed by atoms with van der Waals surface area (Å²) in [5, 5.41) is 17.8. The predicted molar refractivity (Wildman–Crippen MR) is 47.0 cm³/mol. The maximum absolute atomic E-state index is 10.9. The quantitative estimate of drug-likeness (QED) is 0.660. The van der Waals surface area contributed by atoms with Crippen molar-refractivity contribution in [1.82, 2.24) is 4.90 Å².